The molecule has 7 nitrogen and oxygen atoms in total. The second-order valence-electron chi connectivity index (χ2n) is 4.87. The predicted octanol–water partition coefficient (Wildman–Crippen LogP) is 3.13. The highest BCUT2D eigenvalue weighted by Crippen LogP contribution is 2.16. The summed E-state index contributed by atoms with van der Waals surface area (Å²) in [6, 6.07) is 6.18. The molecule has 0 spiro atoms. The lowest BCUT2D eigenvalue weighted by Gasteiger charge is -2.10. The highest BCUT2D eigenvalue weighted by atomic mass is 35.5. The Kier molecular flexibility index (Phi) is 5.89. The number of nitrogens with zero attached hydrogens (tertiary/aromatic N) is 3. The Morgan fingerprint density at radius 1 is 1.52 bits per heavy atom. The van der Waals surface area contributed by atoms with Crippen LogP contribution in [0.5, 0.6) is 0 Å². The van der Waals surface area contributed by atoms with Gasteiger partial charge in [-0.3, -0.25) is 14.8 Å². The van der Waals surface area contributed by atoms with E-state index in [4.69, 9.17) is 23.8 Å². The maximum atomic E-state index is 10.7. The highest BCUT2D eigenvalue weighted by Gasteiger charge is 2.06. The third-order valence-electron chi connectivity index (χ3n) is 3.05. The third kappa shape index (κ3) is 5.19. The molecule has 0 saturated heterocycles. The van der Waals surface area contributed by atoms with Gasteiger partial charge in [0, 0.05) is 37.1 Å². The monoisotopic (exact) mass is 353 g/mol. The summed E-state index contributed by atoms with van der Waals surface area (Å²) in [6.45, 7) is 3.23. The van der Waals surface area contributed by atoms with Crippen molar-refractivity contribution in [2.24, 2.45) is 0 Å². The lowest BCUT2D eigenvalue weighted by molar-refractivity contribution is -0.384. The Bertz CT molecular complexity index is 699. The first-order chi connectivity index (χ1) is 11.0. The number of hydrogen-bond acceptors (Lipinski definition) is 4. The normalized spacial score (nSPS) is 10.3. The molecule has 0 saturated carbocycles. The summed E-state index contributed by atoms with van der Waals surface area (Å²) in [4.78, 5) is 10.3. The van der Waals surface area contributed by atoms with Gasteiger partial charge in [-0.05, 0) is 31.6 Å². The van der Waals surface area contributed by atoms with Crippen molar-refractivity contribution in [1.29, 1.82) is 0 Å². The standard InChI is InChI=1S/C14H16ClN5O2S/c1-10-13(15)9-19(18-10)7-3-6-16-14(23)17-11-4-2-5-12(8-11)20(21)22/h2,4-5,8-9H,3,6-7H2,1H3,(H2,16,17,23). The molecule has 1 aromatic carbocycles. The lowest BCUT2D eigenvalue weighted by atomic mass is 10.3. The topological polar surface area (TPSA) is 85.0 Å². The molecule has 0 amide bonds. The van der Waals surface area contributed by atoms with Crippen LogP contribution in [0.4, 0.5) is 11.4 Å². The molecular formula is C14H16ClN5O2S. The molecule has 2 aromatic rings. The van der Waals surface area contributed by atoms with Crippen LogP contribution in [0.2, 0.25) is 5.02 Å². The first kappa shape index (κ1) is 17.2. The Balaban J connectivity index is 1.75. The molecule has 0 aliphatic rings. The number of thiocarbonyl (C=S) groups is 1. The Morgan fingerprint density at radius 2 is 2.30 bits per heavy atom. The van der Waals surface area contributed by atoms with E-state index in [1.165, 1.54) is 12.1 Å². The molecule has 0 unspecified atom stereocenters. The molecule has 1 heterocycles. The van der Waals surface area contributed by atoms with Gasteiger partial charge in [0.05, 0.1) is 15.6 Å². The number of benzene rings is 1. The lowest BCUT2D eigenvalue weighted by Crippen LogP contribution is -2.29. The second-order valence-corrected chi connectivity index (χ2v) is 5.68. The fourth-order valence-corrected chi connectivity index (χ4v) is 2.29. The van der Waals surface area contributed by atoms with E-state index in [1.807, 2.05) is 6.92 Å². The van der Waals surface area contributed by atoms with E-state index >= 15 is 0 Å². The van der Waals surface area contributed by atoms with Crippen molar-refractivity contribution in [3.63, 3.8) is 0 Å². The van der Waals surface area contributed by atoms with Crippen LogP contribution in [0.3, 0.4) is 0 Å². The number of anilines is 1. The quantitative estimate of drug-likeness (QED) is 0.359. The molecule has 1 aromatic heterocycles. The molecule has 0 fully saturated rings. The van der Waals surface area contributed by atoms with E-state index < -0.39 is 4.92 Å². The van der Waals surface area contributed by atoms with Crippen molar-refractivity contribution >= 4 is 40.3 Å². The minimum Gasteiger partial charge on any atom is -0.362 e. The molecule has 0 bridgehead atoms. The molecule has 0 atom stereocenters. The zero-order chi connectivity index (χ0) is 16.8. The van der Waals surface area contributed by atoms with Crippen molar-refractivity contribution in [1.82, 2.24) is 15.1 Å². The fourth-order valence-electron chi connectivity index (χ4n) is 1.92. The zero-order valence-electron chi connectivity index (χ0n) is 12.5. The summed E-state index contributed by atoms with van der Waals surface area (Å²) in [5.74, 6) is 0. The number of nitro groups is 1. The van der Waals surface area contributed by atoms with Crippen molar-refractivity contribution < 1.29 is 4.92 Å². The van der Waals surface area contributed by atoms with Gasteiger partial charge < -0.3 is 10.6 Å². The van der Waals surface area contributed by atoms with E-state index in [1.54, 1.807) is 23.0 Å². The fraction of sp³-hybridized carbons (Fsp3) is 0.286. The Morgan fingerprint density at radius 3 is 2.96 bits per heavy atom. The average molecular weight is 354 g/mol. The molecule has 9 heteroatoms. The SMILES string of the molecule is Cc1nn(CCCNC(=S)Nc2cccc([N+](=O)[O-])c2)cc1Cl. The molecule has 122 valence electrons. The smallest absolute Gasteiger partial charge is 0.271 e. The predicted molar refractivity (Wildman–Crippen MR) is 93.9 cm³/mol. The van der Waals surface area contributed by atoms with Gasteiger partial charge in [0.2, 0.25) is 0 Å². The van der Waals surface area contributed by atoms with Crippen LogP contribution in [0.25, 0.3) is 0 Å². The van der Waals surface area contributed by atoms with Crippen LogP contribution in [0.15, 0.2) is 30.5 Å². The molecule has 2 rings (SSSR count). The van der Waals surface area contributed by atoms with Gasteiger partial charge in [0.25, 0.3) is 5.69 Å². The van der Waals surface area contributed by atoms with Gasteiger partial charge in [-0.15, -0.1) is 0 Å². The van der Waals surface area contributed by atoms with E-state index in [2.05, 4.69) is 15.7 Å². The van der Waals surface area contributed by atoms with E-state index in [0.717, 1.165) is 18.7 Å². The number of rotatable bonds is 6. The molecule has 0 radical (unpaired) electrons. The molecule has 2 N–H and O–H groups in total. The van der Waals surface area contributed by atoms with E-state index in [-0.39, 0.29) is 5.69 Å². The second kappa shape index (κ2) is 7.89. The molecule has 0 aliphatic heterocycles. The van der Waals surface area contributed by atoms with Crippen LogP contribution in [0.1, 0.15) is 12.1 Å². The van der Waals surface area contributed by atoms with Crippen molar-refractivity contribution in [2.45, 2.75) is 19.9 Å². The number of nitro benzene ring substituents is 1. The number of aryl methyl sites for hydroxylation is 2. The largest absolute Gasteiger partial charge is 0.362 e. The van der Waals surface area contributed by atoms with Gasteiger partial charge in [0.15, 0.2) is 5.11 Å². The van der Waals surface area contributed by atoms with E-state index in [0.29, 0.717) is 22.4 Å². The van der Waals surface area contributed by atoms with Crippen molar-refractivity contribution in [3.05, 3.63) is 51.3 Å². The summed E-state index contributed by atoms with van der Waals surface area (Å²) in [7, 11) is 0. The number of non-ortho nitro benzene ring substituents is 1. The minimum atomic E-state index is -0.446. The Hall–Kier alpha value is -2.19. The molecular weight excluding hydrogens is 338 g/mol. The van der Waals surface area contributed by atoms with Crippen molar-refractivity contribution in [3.8, 4) is 0 Å². The van der Waals surface area contributed by atoms with Crippen LogP contribution < -0.4 is 10.6 Å². The first-order valence-corrected chi connectivity index (χ1v) is 7.73. The first-order valence-electron chi connectivity index (χ1n) is 6.94. The van der Waals surface area contributed by atoms with Crippen LogP contribution in [-0.4, -0.2) is 26.4 Å². The maximum absolute atomic E-state index is 10.7. The molecule has 0 aliphatic carbocycles. The average Bonchev–Trinajstić information content (AvgIpc) is 2.82. The van der Waals surface area contributed by atoms with Crippen LogP contribution >= 0.6 is 23.8 Å². The van der Waals surface area contributed by atoms with Gasteiger partial charge >= 0.3 is 0 Å². The van der Waals surface area contributed by atoms with Crippen LogP contribution in [0, 0.1) is 17.0 Å². The molecule has 23 heavy (non-hydrogen) atoms. The van der Waals surface area contributed by atoms with Gasteiger partial charge in [-0.1, -0.05) is 17.7 Å². The summed E-state index contributed by atoms with van der Waals surface area (Å²) in [5, 5.41) is 22.0. The minimum absolute atomic E-state index is 0.0173. The zero-order valence-corrected chi connectivity index (χ0v) is 14.0. The summed E-state index contributed by atoms with van der Waals surface area (Å²) >= 11 is 11.1. The maximum Gasteiger partial charge on any atom is 0.271 e. The number of hydrogen-bond donors (Lipinski definition) is 2. The summed E-state index contributed by atoms with van der Waals surface area (Å²) in [6.07, 6.45) is 2.60. The number of halogens is 1. The summed E-state index contributed by atoms with van der Waals surface area (Å²) in [5.41, 5.74) is 1.40. The van der Waals surface area contributed by atoms with Gasteiger partial charge in [-0.2, -0.15) is 5.10 Å². The Labute approximate surface area is 143 Å². The highest BCUT2D eigenvalue weighted by molar-refractivity contribution is 7.80. The third-order valence-corrected chi connectivity index (χ3v) is 3.67. The van der Waals surface area contributed by atoms with E-state index in [9.17, 15) is 10.1 Å². The number of aromatic nitrogens is 2. The van der Waals surface area contributed by atoms with Gasteiger partial charge in [0.1, 0.15) is 0 Å². The number of nitrogens with one attached hydrogen (secondary N) is 2. The van der Waals surface area contributed by atoms with Gasteiger partial charge in [-0.25, -0.2) is 0 Å². The van der Waals surface area contributed by atoms with Crippen molar-refractivity contribution in [2.75, 3.05) is 11.9 Å². The summed E-state index contributed by atoms with van der Waals surface area (Å²) < 4.78 is 1.79. The van der Waals surface area contributed by atoms with Crippen LogP contribution in [-0.2, 0) is 6.54 Å².